The SMILES string of the molecule is CCN1C(=O)Cc2cc(C(C)(C)CN)ccc21. The van der Waals surface area contributed by atoms with Crippen molar-refractivity contribution in [1.82, 2.24) is 0 Å². The predicted molar refractivity (Wildman–Crippen MR) is 70.3 cm³/mol. The van der Waals surface area contributed by atoms with Crippen molar-refractivity contribution >= 4 is 11.6 Å². The summed E-state index contributed by atoms with van der Waals surface area (Å²) >= 11 is 0. The number of carbonyl (C=O) groups excluding carboxylic acids is 1. The quantitative estimate of drug-likeness (QED) is 0.864. The van der Waals surface area contributed by atoms with Crippen LogP contribution in [0.25, 0.3) is 0 Å². The Hall–Kier alpha value is -1.35. The first-order valence-corrected chi connectivity index (χ1v) is 6.13. The summed E-state index contributed by atoms with van der Waals surface area (Å²) < 4.78 is 0. The van der Waals surface area contributed by atoms with Gasteiger partial charge in [-0.05, 0) is 24.1 Å². The minimum absolute atomic E-state index is 0.0300. The van der Waals surface area contributed by atoms with Gasteiger partial charge in [0, 0.05) is 24.2 Å². The van der Waals surface area contributed by atoms with Crippen molar-refractivity contribution in [2.24, 2.45) is 5.73 Å². The second kappa shape index (κ2) is 4.15. The van der Waals surface area contributed by atoms with Crippen LogP contribution in [0.3, 0.4) is 0 Å². The molecule has 17 heavy (non-hydrogen) atoms. The van der Waals surface area contributed by atoms with Crippen LogP contribution in [0, 0.1) is 0 Å². The van der Waals surface area contributed by atoms with Gasteiger partial charge in [0.05, 0.1) is 6.42 Å². The highest BCUT2D eigenvalue weighted by Crippen LogP contribution is 2.33. The van der Waals surface area contributed by atoms with Crippen LogP contribution in [-0.4, -0.2) is 19.0 Å². The normalized spacial score (nSPS) is 15.3. The lowest BCUT2D eigenvalue weighted by molar-refractivity contribution is -0.117. The summed E-state index contributed by atoms with van der Waals surface area (Å²) in [6, 6.07) is 6.28. The van der Waals surface area contributed by atoms with Gasteiger partial charge in [-0.2, -0.15) is 0 Å². The van der Waals surface area contributed by atoms with E-state index in [1.807, 2.05) is 11.8 Å². The highest BCUT2D eigenvalue weighted by Gasteiger charge is 2.28. The molecule has 0 atom stereocenters. The van der Waals surface area contributed by atoms with E-state index in [-0.39, 0.29) is 11.3 Å². The van der Waals surface area contributed by atoms with Crippen LogP contribution in [0.4, 0.5) is 5.69 Å². The highest BCUT2D eigenvalue weighted by molar-refractivity contribution is 6.01. The minimum Gasteiger partial charge on any atom is -0.330 e. The summed E-state index contributed by atoms with van der Waals surface area (Å²) in [5.41, 5.74) is 9.17. The summed E-state index contributed by atoms with van der Waals surface area (Å²) in [6.45, 7) is 7.61. The molecular formula is C14H20N2O. The molecule has 2 N–H and O–H groups in total. The third kappa shape index (κ3) is 1.95. The zero-order chi connectivity index (χ0) is 12.6. The van der Waals surface area contributed by atoms with Crippen LogP contribution < -0.4 is 10.6 Å². The molecule has 92 valence electrons. The molecule has 1 aromatic rings. The fourth-order valence-electron chi connectivity index (χ4n) is 2.27. The van der Waals surface area contributed by atoms with Crippen molar-refractivity contribution < 1.29 is 4.79 Å². The van der Waals surface area contributed by atoms with E-state index >= 15 is 0 Å². The summed E-state index contributed by atoms with van der Waals surface area (Å²) in [5, 5.41) is 0. The average molecular weight is 232 g/mol. The first-order valence-electron chi connectivity index (χ1n) is 6.13. The van der Waals surface area contributed by atoms with Gasteiger partial charge in [-0.25, -0.2) is 0 Å². The van der Waals surface area contributed by atoms with Gasteiger partial charge in [-0.1, -0.05) is 26.0 Å². The second-order valence-electron chi connectivity index (χ2n) is 5.25. The number of nitrogens with zero attached hydrogens (tertiary/aromatic N) is 1. The lowest BCUT2D eigenvalue weighted by atomic mass is 9.84. The van der Waals surface area contributed by atoms with Crippen molar-refractivity contribution in [2.75, 3.05) is 18.0 Å². The molecular weight excluding hydrogens is 212 g/mol. The molecule has 1 aliphatic heterocycles. The van der Waals surface area contributed by atoms with Gasteiger partial charge in [0.2, 0.25) is 5.91 Å². The Morgan fingerprint density at radius 3 is 2.71 bits per heavy atom. The zero-order valence-corrected chi connectivity index (χ0v) is 10.8. The van der Waals surface area contributed by atoms with Crippen molar-refractivity contribution in [3.8, 4) is 0 Å². The molecule has 3 nitrogen and oxygen atoms in total. The van der Waals surface area contributed by atoms with Crippen LogP contribution in [0.2, 0.25) is 0 Å². The smallest absolute Gasteiger partial charge is 0.231 e. The minimum atomic E-state index is -0.0300. The number of hydrogen-bond donors (Lipinski definition) is 1. The Kier molecular flexibility index (Phi) is 2.96. The molecule has 0 aromatic heterocycles. The molecule has 0 unspecified atom stereocenters. The molecule has 1 aliphatic rings. The highest BCUT2D eigenvalue weighted by atomic mass is 16.2. The molecule has 0 saturated heterocycles. The Labute approximate surface area is 103 Å². The molecule has 0 fully saturated rings. The van der Waals surface area contributed by atoms with Crippen LogP contribution in [0.5, 0.6) is 0 Å². The number of rotatable bonds is 3. The van der Waals surface area contributed by atoms with Crippen LogP contribution >= 0.6 is 0 Å². The number of nitrogens with two attached hydrogens (primary N) is 1. The first kappa shape index (κ1) is 12.1. The Morgan fingerprint density at radius 2 is 2.12 bits per heavy atom. The maximum atomic E-state index is 11.8. The number of amides is 1. The summed E-state index contributed by atoms with van der Waals surface area (Å²) in [4.78, 5) is 13.6. The zero-order valence-electron chi connectivity index (χ0n) is 10.8. The van der Waals surface area contributed by atoms with E-state index in [0.717, 1.165) is 17.8 Å². The van der Waals surface area contributed by atoms with Gasteiger partial charge in [0.1, 0.15) is 0 Å². The average Bonchev–Trinajstić information content (AvgIpc) is 2.63. The lowest BCUT2D eigenvalue weighted by Crippen LogP contribution is -2.28. The van der Waals surface area contributed by atoms with Crippen LogP contribution in [-0.2, 0) is 16.6 Å². The molecule has 0 saturated carbocycles. The van der Waals surface area contributed by atoms with Crippen molar-refractivity contribution in [2.45, 2.75) is 32.6 Å². The van der Waals surface area contributed by atoms with E-state index in [9.17, 15) is 4.79 Å². The van der Waals surface area contributed by atoms with Gasteiger partial charge < -0.3 is 10.6 Å². The molecule has 1 amide bonds. The molecule has 3 heteroatoms. The molecule has 1 heterocycles. The van der Waals surface area contributed by atoms with Gasteiger partial charge in [0.15, 0.2) is 0 Å². The largest absolute Gasteiger partial charge is 0.330 e. The van der Waals surface area contributed by atoms with E-state index in [1.54, 1.807) is 0 Å². The van der Waals surface area contributed by atoms with E-state index in [1.165, 1.54) is 5.56 Å². The standard InChI is InChI=1S/C14H20N2O/c1-4-16-12-6-5-11(14(2,3)9-15)7-10(12)8-13(16)17/h5-7H,4,8-9,15H2,1-3H3. The molecule has 1 aromatic carbocycles. The Balaban J connectivity index is 2.41. The molecule has 0 aliphatic carbocycles. The summed E-state index contributed by atoms with van der Waals surface area (Å²) in [6.07, 6.45) is 0.525. The number of likely N-dealkylation sites (N-methyl/N-ethyl adjacent to an activating group) is 1. The number of hydrogen-bond acceptors (Lipinski definition) is 2. The third-order valence-corrected chi connectivity index (χ3v) is 3.62. The topological polar surface area (TPSA) is 46.3 Å². The monoisotopic (exact) mass is 232 g/mol. The number of carbonyl (C=O) groups is 1. The predicted octanol–water partition coefficient (Wildman–Crippen LogP) is 1.83. The number of anilines is 1. The van der Waals surface area contributed by atoms with Crippen LogP contribution in [0.1, 0.15) is 31.9 Å². The van der Waals surface area contributed by atoms with Crippen molar-refractivity contribution in [3.05, 3.63) is 29.3 Å². The van der Waals surface area contributed by atoms with Gasteiger partial charge in [-0.15, -0.1) is 0 Å². The molecule has 0 bridgehead atoms. The second-order valence-corrected chi connectivity index (χ2v) is 5.25. The van der Waals surface area contributed by atoms with Gasteiger partial charge in [-0.3, -0.25) is 4.79 Å². The first-order chi connectivity index (χ1) is 7.99. The van der Waals surface area contributed by atoms with Crippen LogP contribution in [0.15, 0.2) is 18.2 Å². The fraction of sp³-hybridized carbons (Fsp3) is 0.500. The van der Waals surface area contributed by atoms with E-state index in [4.69, 9.17) is 5.73 Å². The van der Waals surface area contributed by atoms with E-state index in [0.29, 0.717) is 13.0 Å². The van der Waals surface area contributed by atoms with E-state index in [2.05, 4.69) is 32.0 Å². The Bertz CT molecular complexity index is 452. The van der Waals surface area contributed by atoms with Crippen molar-refractivity contribution in [1.29, 1.82) is 0 Å². The maximum absolute atomic E-state index is 11.8. The number of fused-ring (bicyclic) bond motifs is 1. The molecule has 0 spiro atoms. The summed E-state index contributed by atoms with van der Waals surface area (Å²) in [7, 11) is 0. The van der Waals surface area contributed by atoms with Crippen molar-refractivity contribution in [3.63, 3.8) is 0 Å². The molecule has 2 rings (SSSR count). The molecule has 0 radical (unpaired) electrons. The summed E-state index contributed by atoms with van der Waals surface area (Å²) in [5.74, 6) is 0.199. The number of benzene rings is 1. The Morgan fingerprint density at radius 1 is 1.41 bits per heavy atom. The van der Waals surface area contributed by atoms with Gasteiger partial charge in [0.25, 0.3) is 0 Å². The van der Waals surface area contributed by atoms with Gasteiger partial charge >= 0.3 is 0 Å². The maximum Gasteiger partial charge on any atom is 0.231 e. The van der Waals surface area contributed by atoms with E-state index < -0.39 is 0 Å². The lowest BCUT2D eigenvalue weighted by Gasteiger charge is -2.24. The third-order valence-electron chi connectivity index (χ3n) is 3.62. The fourth-order valence-corrected chi connectivity index (χ4v) is 2.27.